The highest BCUT2D eigenvalue weighted by Crippen LogP contribution is 2.25. The lowest BCUT2D eigenvalue weighted by molar-refractivity contribution is 0.249. The number of hydrogen-bond acceptors (Lipinski definition) is 8. The molecule has 1 aliphatic rings. The van der Waals surface area contributed by atoms with Crippen LogP contribution in [0.15, 0.2) is 18.5 Å². The molecule has 33 heavy (non-hydrogen) atoms. The molecule has 178 valence electrons. The van der Waals surface area contributed by atoms with E-state index in [0.717, 1.165) is 43.0 Å². The van der Waals surface area contributed by atoms with Crippen LogP contribution in [-0.4, -0.2) is 68.7 Å². The van der Waals surface area contributed by atoms with Gasteiger partial charge in [0.2, 0.25) is 5.95 Å². The Morgan fingerprint density at radius 2 is 1.88 bits per heavy atom. The summed E-state index contributed by atoms with van der Waals surface area (Å²) < 4.78 is 1.81. The fourth-order valence-corrected chi connectivity index (χ4v) is 4.66. The van der Waals surface area contributed by atoms with E-state index < -0.39 is 0 Å². The molecule has 3 aromatic heterocycles. The molecule has 1 saturated heterocycles. The van der Waals surface area contributed by atoms with Crippen LogP contribution in [0.1, 0.15) is 56.4 Å². The standard InChI is InChI=1S/C24H37N9/c1-6-18(7-2)28-24-29-21(25)23-27-15-20(33(23)30-24)13-17-12-16(3)22(26-14-17)32-10-8-19(9-11-32)31(4)5/h12,14-15,18-19H,6-11,13H2,1-5H3,(H3,25,28,29,30). The van der Waals surface area contributed by atoms with Gasteiger partial charge in [0.25, 0.3) is 0 Å². The van der Waals surface area contributed by atoms with E-state index in [1.807, 2.05) is 16.9 Å². The Balaban J connectivity index is 1.52. The second kappa shape index (κ2) is 9.91. The second-order valence-corrected chi connectivity index (χ2v) is 9.31. The number of imidazole rings is 1. The first kappa shape index (κ1) is 23.2. The highest BCUT2D eigenvalue weighted by molar-refractivity contribution is 5.61. The van der Waals surface area contributed by atoms with Gasteiger partial charge in [0.15, 0.2) is 11.5 Å². The topological polar surface area (TPSA) is 100 Å². The third-order valence-corrected chi connectivity index (χ3v) is 6.76. The van der Waals surface area contributed by atoms with Crippen LogP contribution in [-0.2, 0) is 6.42 Å². The molecule has 1 fully saturated rings. The molecule has 0 unspecified atom stereocenters. The van der Waals surface area contributed by atoms with Gasteiger partial charge in [-0.15, -0.1) is 5.10 Å². The van der Waals surface area contributed by atoms with E-state index in [-0.39, 0.29) is 0 Å². The first-order chi connectivity index (χ1) is 15.9. The van der Waals surface area contributed by atoms with Gasteiger partial charge in [-0.3, -0.25) is 0 Å². The number of hydrogen-bond donors (Lipinski definition) is 2. The van der Waals surface area contributed by atoms with Crippen LogP contribution in [0.5, 0.6) is 0 Å². The van der Waals surface area contributed by atoms with E-state index in [1.54, 1.807) is 0 Å². The van der Waals surface area contributed by atoms with Crippen molar-refractivity contribution in [3.8, 4) is 0 Å². The lowest BCUT2D eigenvalue weighted by Crippen LogP contribution is -2.42. The zero-order chi connectivity index (χ0) is 23.5. The molecule has 0 atom stereocenters. The summed E-state index contributed by atoms with van der Waals surface area (Å²) in [7, 11) is 4.34. The first-order valence-corrected chi connectivity index (χ1v) is 12.0. The van der Waals surface area contributed by atoms with E-state index in [1.165, 1.54) is 18.4 Å². The monoisotopic (exact) mass is 451 g/mol. The van der Waals surface area contributed by atoms with Crippen molar-refractivity contribution in [2.24, 2.45) is 0 Å². The molecule has 0 aromatic carbocycles. The first-order valence-electron chi connectivity index (χ1n) is 12.0. The van der Waals surface area contributed by atoms with Crippen LogP contribution >= 0.6 is 0 Å². The smallest absolute Gasteiger partial charge is 0.243 e. The summed E-state index contributed by atoms with van der Waals surface area (Å²) in [4.78, 5) is 18.5. The van der Waals surface area contributed by atoms with Crippen molar-refractivity contribution in [3.05, 3.63) is 35.3 Å². The number of nitrogens with two attached hydrogens (primary N) is 1. The summed E-state index contributed by atoms with van der Waals surface area (Å²) in [5.41, 5.74) is 10.1. The minimum atomic E-state index is 0.316. The third-order valence-electron chi connectivity index (χ3n) is 6.76. The quantitative estimate of drug-likeness (QED) is 0.539. The maximum atomic E-state index is 6.18. The van der Waals surface area contributed by atoms with Gasteiger partial charge in [0.1, 0.15) is 5.82 Å². The van der Waals surface area contributed by atoms with E-state index in [0.29, 0.717) is 35.9 Å². The van der Waals surface area contributed by atoms with Crippen LogP contribution in [0.3, 0.4) is 0 Å². The average Bonchev–Trinajstić information content (AvgIpc) is 3.20. The zero-order valence-electron chi connectivity index (χ0n) is 20.5. The Kier molecular flexibility index (Phi) is 6.97. The number of nitrogens with one attached hydrogen (secondary N) is 1. The van der Waals surface area contributed by atoms with Gasteiger partial charge in [-0.1, -0.05) is 19.9 Å². The van der Waals surface area contributed by atoms with E-state index >= 15 is 0 Å². The van der Waals surface area contributed by atoms with Crippen molar-refractivity contribution in [3.63, 3.8) is 0 Å². The molecule has 3 aromatic rings. The molecule has 4 rings (SSSR count). The van der Waals surface area contributed by atoms with Crippen LogP contribution in [0.2, 0.25) is 0 Å². The van der Waals surface area contributed by atoms with E-state index in [2.05, 4.69) is 71.1 Å². The van der Waals surface area contributed by atoms with Crippen molar-refractivity contribution in [1.29, 1.82) is 0 Å². The van der Waals surface area contributed by atoms with Crippen molar-refractivity contribution >= 4 is 23.2 Å². The highest BCUT2D eigenvalue weighted by atomic mass is 15.3. The molecule has 0 amide bonds. The van der Waals surface area contributed by atoms with Gasteiger partial charge in [-0.25, -0.2) is 14.5 Å². The summed E-state index contributed by atoms with van der Waals surface area (Å²) in [5, 5.41) is 8.07. The predicted molar refractivity (Wildman–Crippen MR) is 134 cm³/mol. The fourth-order valence-electron chi connectivity index (χ4n) is 4.66. The minimum absolute atomic E-state index is 0.316. The van der Waals surface area contributed by atoms with Gasteiger partial charge in [0.05, 0.1) is 11.9 Å². The Morgan fingerprint density at radius 1 is 1.15 bits per heavy atom. The fraction of sp³-hybridized carbons (Fsp3) is 0.583. The van der Waals surface area contributed by atoms with Crippen LogP contribution in [0.4, 0.5) is 17.6 Å². The zero-order valence-corrected chi connectivity index (χ0v) is 20.5. The molecule has 0 saturated carbocycles. The summed E-state index contributed by atoms with van der Waals surface area (Å²) >= 11 is 0. The maximum absolute atomic E-state index is 6.18. The van der Waals surface area contributed by atoms with E-state index in [4.69, 9.17) is 10.7 Å². The number of rotatable bonds is 8. The molecular formula is C24H37N9. The van der Waals surface area contributed by atoms with Crippen molar-refractivity contribution < 1.29 is 0 Å². The Hall–Kier alpha value is -2.94. The number of aryl methyl sites for hydroxylation is 1. The number of nitrogen functional groups attached to an aromatic ring is 1. The highest BCUT2D eigenvalue weighted by Gasteiger charge is 2.22. The number of pyridine rings is 1. The number of fused-ring (bicyclic) bond motifs is 1. The molecule has 0 aliphatic carbocycles. The Morgan fingerprint density at radius 3 is 2.52 bits per heavy atom. The van der Waals surface area contributed by atoms with Crippen LogP contribution < -0.4 is 16.0 Å². The molecule has 0 radical (unpaired) electrons. The summed E-state index contributed by atoms with van der Waals surface area (Å²) in [6.07, 6.45) is 8.83. The summed E-state index contributed by atoms with van der Waals surface area (Å²) in [6, 6.07) is 3.21. The second-order valence-electron chi connectivity index (χ2n) is 9.31. The van der Waals surface area contributed by atoms with Crippen molar-refractivity contribution in [2.45, 2.75) is 65.0 Å². The average molecular weight is 452 g/mol. The lowest BCUT2D eigenvalue weighted by atomic mass is 10.0. The molecule has 9 heteroatoms. The molecule has 1 aliphatic heterocycles. The maximum Gasteiger partial charge on any atom is 0.243 e. The molecule has 3 N–H and O–H groups in total. The number of aromatic nitrogens is 5. The third kappa shape index (κ3) is 5.03. The Labute approximate surface area is 196 Å². The van der Waals surface area contributed by atoms with Gasteiger partial charge in [-0.05, 0) is 57.8 Å². The van der Waals surface area contributed by atoms with Crippen LogP contribution in [0, 0.1) is 6.92 Å². The molecule has 0 spiro atoms. The van der Waals surface area contributed by atoms with Crippen molar-refractivity contribution in [2.75, 3.05) is 43.1 Å². The minimum Gasteiger partial charge on any atom is -0.380 e. The van der Waals surface area contributed by atoms with E-state index in [9.17, 15) is 0 Å². The summed E-state index contributed by atoms with van der Waals surface area (Å²) in [5.74, 6) is 2.02. The molecule has 0 bridgehead atoms. The number of nitrogens with zero attached hydrogens (tertiary/aromatic N) is 7. The SMILES string of the molecule is CCC(CC)Nc1nc(N)c2ncc(Cc3cnc(N4CCC(N(C)C)CC4)c(C)c3)n2n1. The number of anilines is 3. The number of piperidine rings is 1. The Bertz CT molecular complexity index is 1080. The summed E-state index contributed by atoms with van der Waals surface area (Å²) in [6.45, 7) is 8.54. The lowest BCUT2D eigenvalue weighted by Gasteiger charge is -2.36. The van der Waals surface area contributed by atoms with Gasteiger partial charge >= 0.3 is 0 Å². The van der Waals surface area contributed by atoms with Gasteiger partial charge in [-0.2, -0.15) is 4.98 Å². The van der Waals surface area contributed by atoms with Crippen LogP contribution in [0.25, 0.3) is 5.65 Å². The normalized spacial score (nSPS) is 15.2. The molecular weight excluding hydrogens is 414 g/mol. The largest absolute Gasteiger partial charge is 0.380 e. The van der Waals surface area contributed by atoms with Gasteiger partial charge < -0.3 is 20.9 Å². The molecule has 4 heterocycles. The van der Waals surface area contributed by atoms with Gasteiger partial charge in [0, 0.05) is 37.8 Å². The molecule has 9 nitrogen and oxygen atoms in total. The predicted octanol–water partition coefficient (Wildman–Crippen LogP) is 3.13. The van der Waals surface area contributed by atoms with Crippen molar-refractivity contribution in [1.82, 2.24) is 29.5 Å².